The van der Waals surface area contributed by atoms with Crippen LogP contribution in [-0.4, -0.2) is 5.11 Å². The van der Waals surface area contributed by atoms with E-state index in [1.54, 1.807) is 18.2 Å². The molecule has 1 heterocycles. The number of hydrogen-bond donors (Lipinski definition) is 2. The largest absolute Gasteiger partial charge is 0.508 e. The summed E-state index contributed by atoms with van der Waals surface area (Å²) >= 11 is 0. The van der Waals surface area contributed by atoms with E-state index in [0.717, 1.165) is 27.8 Å². The van der Waals surface area contributed by atoms with Crippen LogP contribution >= 0.6 is 0 Å². The minimum atomic E-state index is 0.169. The lowest BCUT2D eigenvalue weighted by molar-refractivity contribution is -0.364. The van der Waals surface area contributed by atoms with Gasteiger partial charge in [-0.25, -0.2) is 4.98 Å². The number of phenols is 1. The number of nitrogen functional groups attached to an aromatic ring is 1. The molecule has 4 N–H and O–H groups in total. The number of aromatic nitrogens is 1. The zero-order valence-electron chi connectivity index (χ0n) is 13.3. The van der Waals surface area contributed by atoms with E-state index in [9.17, 15) is 15.6 Å². The van der Waals surface area contributed by atoms with Crippen LogP contribution in [0.4, 0.5) is 5.82 Å². The fourth-order valence-electron chi connectivity index (χ4n) is 3.05. The second kappa shape index (κ2) is 5.57. The minimum absolute atomic E-state index is 0.169. The van der Waals surface area contributed by atoms with Gasteiger partial charge in [-0.3, -0.25) is 5.73 Å². The maximum absolute atomic E-state index is 9.66. The fourth-order valence-corrected chi connectivity index (χ4v) is 3.05. The first-order valence-corrected chi connectivity index (χ1v) is 7.36. The maximum atomic E-state index is 9.66. The topological polar surface area (TPSA) is 108 Å². The van der Waals surface area contributed by atoms with Crippen LogP contribution in [-0.2, 0) is 0 Å². The maximum Gasteiger partial charge on any atom is 0.289 e. The number of fused-ring (bicyclic) bond motifs is 1. The summed E-state index contributed by atoms with van der Waals surface area (Å²) in [5.41, 5.74) is 11.4. The van der Waals surface area contributed by atoms with E-state index < -0.39 is 0 Å². The fraction of sp³-hybridized carbons (Fsp3) is 0.105. The third-order valence-corrected chi connectivity index (χ3v) is 4.23. The quantitative estimate of drug-likeness (QED) is 0.843. The number of nitrogens with two attached hydrogens (primary N) is 1. The number of H-pyrrole nitrogens is 1. The lowest BCUT2D eigenvalue weighted by Crippen LogP contribution is -2.20. The average Bonchev–Trinajstić information content (AvgIpc) is 2.79. The van der Waals surface area contributed by atoms with E-state index in [0.29, 0.717) is 16.8 Å². The molecule has 2 aromatic rings. The zero-order valence-corrected chi connectivity index (χ0v) is 13.3. The monoisotopic (exact) mass is 315 g/mol. The van der Waals surface area contributed by atoms with Crippen LogP contribution < -0.4 is 10.7 Å². The molecule has 0 amide bonds. The molecule has 116 valence electrons. The number of aromatic amines is 1. The molecule has 0 fully saturated rings. The molecule has 0 unspecified atom stereocenters. The number of pyridine rings is 1. The third-order valence-electron chi connectivity index (χ3n) is 4.23. The normalized spacial score (nSPS) is 14.4. The van der Waals surface area contributed by atoms with Gasteiger partial charge in [-0.2, -0.15) is 10.5 Å². The number of nitrogens with zero attached hydrogens (tertiary/aromatic N) is 2. The second-order valence-corrected chi connectivity index (χ2v) is 5.67. The molecule has 24 heavy (non-hydrogen) atoms. The van der Waals surface area contributed by atoms with Crippen molar-refractivity contribution in [1.82, 2.24) is 0 Å². The van der Waals surface area contributed by atoms with Crippen LogP contribution in [0, 0.1) is 29.6 Å². The van der Waals surface area contributed by atoms with Crippen molar-refractivity contribution in [1.29, 1.82) is 10.5 Å². The SMILES string of the molecule is CC1=C(C#N)c2[nH+]c(N)c(C#N)c(C)c2/C1=C/c1cccc(O)c1. The summed E-state index contributed by atoms with van der Waals surface area (Å²) in [7, 11) is 0. The van der Waals surface area contributed by atoms with Gasteiger partial charge >= 0.3 is 0 Å². The Hall–Kier alpha value is -3.57. The second-order valence-electron chi connectivity index (χ2n) is 5.67. The number of nitriles is 2. The highest BCUT2D eigenvalue weighted by Crippen LogP contribution is 2.42. The van der Waals surface area contributed by atoms with Crippen LogP contribution in [0.15, 0.2) is 29.8 Å². The van der Waals surface area contributed by atoms with E-state index >= 15 is 0 Å². The smallest absolute Gasteiger partial charge is 0.289 e. The molecule has 5 heteroatoms. The van der Waals surface area contributed by atoms with E-state index in [4.69, 9.17) is 5.73 Å². The van der Waals surface area contributed by atoms with Gasteiger partial charge in [0.15, 0.2) is 5.69 Å². The molecule has 1 aromatic heterocycles. The van der Waals surface area contributed by atoms with Crippen LogP contribution in [0.5, 0.6) is 5.75 Å². The molecule has 1 aromatic carbocycles. The summed E-state index contributed by atoms with van der Waals surface area (Å²) in [6.45, 7) is 3.69. The summed E-state index contributed by atoms with van der Waals surface area (Å²) in [5.74, 6) is 0.427. The predicted molar refractivity (Wildman–Crippen MR) is 91.0 cm³/mol. The summed E-state index contributed by atoms with van der Waals surface area (Å²) in [4.78, 5) is 2.99. The highest BCUT2D eigenvalue weighted by Gasteiger charge is 2.32. The Balaban J connectivity index is 2.34. The number of nitrogens with one attached hydrogen (secondary N) is 1. The first-order chi connectivity index (χ1) is 11.5. The van der Waals surface area contributed by atoms with Gasteiger partial charge in [-0.15, -0.1) is 0 Å². The molecule has 0 atom stereocenters. The van der Waals surface area contributed by atoms with Crippen molar-refractivity contribution in [3.05, 3.63) is 57.8 Å². The molecule has 0 aliphatic heterocycles. The summed E-state index contributed by atoms with van der Waals surface area (Å²) < 4.78 is 0. The Kier molecular flexibility index (Phi) is 3.56. The number of phenolic OH excluding ortho intramolecular Hbond substituents is 1. The minimum Gasteiger partial charge on any atom is -0.508 e. The molecule has 1 aliphatic carbocycles. The Morgan fingerprint density at radius 1 is 1.21 bits per heavy atom. The van der Waals surface area contributed by atoms with Gasteiger partial charge in [0.1, 0.15) is 29.0 Å². The Bertz CT molecular complexity index is 1020. The van der Waals surface area contributed by atoms with Gasteiger partial charge < -0.3 is 5.11 Å². The molecule has 0 spiro atoms. The first-order valence-electron chi connectivity index (χ1n) is 7.36. The van der Waals surface area contributed by atoms with Crippen LogP contribution in [0.1, 0.15) is 34.9 Å². The number of hydrogen-bond acceptors (Lipinski definition) is 4. The lowest BCUT2D eigenvalue weighted by Gasteiger charge is -2.08. The number of benzene rings is 1. The van der Waals surface area contributed by atoms with Crippen molar-refractivity contribution in [2.24, 2.45) is 0 Å². The highest BCUT2D eigenvalue weighted by atomic mass is 16.3. The van der Waals surface area contributed by atoms with E-state index in [1.807, 2.05) is 26.0 Å². The first kappa shape index (κ1) is 15.3. The van der Waals surface area contributed by atoms with E-state index in [1.165, 1.54) is 0 Å². The number of allylic oxidation sites excluding steroid dienone is 3. The van der Waals surface area contributed by atoms with Crippen LogP contribution in [0.3, 0.4) is 0 Å². The van der Waals surface area contributed by atoms with Gasteiger partial charge in [-0.1, -0.05) is 12.1 Å². The van der Waals surface area contributed by atoms with Gasteiger partial charge in [0.2, 0.25) is 0 Å². The third kappa shape index (κ3) is 2.20. The lowest BCUT2D eigenvalue weighted by atomic mass is 9.95. The standard InChI is InChI=1S/C19H14N4O/c1-10-14(7-12-4-3-5-13(24)6-12)17-11(2)16(9-21)19(22)23-18(17)15(10)8-20/h3-7,24H,1-2H3,(H2,22,23)/p+1/b14-7+. The van der Waals surface area contributed by atoms with Gasteiger partial charge in [0.25, 0.3) is 5.82 Å². The zero-order chi connectivity index (χ0) is 17.4. The molecular weight excluding hydrogens is 300 g/mol. The summed E-state index contributed by atoms with van der Waals surface area (Å²) in [6, 6.07) is 11.2. The average molecular weight is 315 g/mol. The van der Waals surface area contributed by atoms with Crippen molar-refractivity contribution in [3.8, 4) is 17.9 Å². The summed E-state index contributed by atoms with van der Waals surface area (Å²) in [6.07, 6.45) is 1.90. The molecule has 0 radical (unpaired) electrons. The Labute approximate surface area is 139 Å². The number of rotatable bonds is 1. The number of aromatic hydroxyl groups is 1. The molecule has 1 aliphatic rings. The number of anilines is 1. The van der Waals surface area contributed by atoms with E-state index in [-0.39, 0.29) is 11.6 Å². The van der Waals surface area contributed by atoms with E-state index in [2.05, 4.69) is 17.1 Å². The van der Waals surface area contributed by atoms with Gasteiger partial charge in [-0.05, 0) is 54.3 Å². The molecular formula is C19H15N4O+. The van der Waals surface area contributed by atoms with Crippen molar-refractivity contribution in [2.45, 2.75) is 13.8 Å². The van der Waals surface area contributed by atoms with Crippen molar-refractivity contribution < 1.29 is 10.1 Å². The summed E-state index contributed by atoms with van der Waals surface area (Å²) in [5, 5.41) is 28.5. The molecule has 0 saturated carbocycles. The van der Waals surface area contributed by atoms with Crippen molar-refractivity contribution in [3.63, 3.8) is 0 Å². The Morgan fingerprint density at radius 3 is 2.58 bits per heavy atom. The van der Waals surface area contributed by atoms with Gasteiger partial charge in [0.05, 0.1) is 0 Å². The highest BCUT2D eigenvalue weighted by molar-refractivity contribution is 6.07. The molecule has 3 rings (SSSR count). The molecule has 0 bridgehead atoms. The van der Waals surface area contributed by atoms with Crippen LogP contribution in [0.25, 0.3) is 17.2 Å². The Morgan fingerprint density at radius 2 is 1.96 bits per heavy atom. The van der Waals surface area contributed by atoms with Crippen molar-refractivity contribution in [2.75, 3.05) is 5.73 Å². The van der Waals surface area contributed by atoms with Gasteiger partial charge in [0, 0.05) is 5.56 Å². The molecule has 5 nitrogen and oxygen atoms in total. The van der Waals surface area contributed by atoms with Crippen LogP contribution in [0.2, 0.25) is 0 Å². The predicted octanol–water partition coefficient (Wildman–Crippen LogP) is 2.82. The molecule has 0 saturated heterocycles. The van der Waals surface area contributed by atoms with Crippen molar-refractivity contribution >= 4 is 23.0 Å².